The van der Waals surface area contributed by atoms with Crippen LogP contribution in [0.3, 0.4) is 0 Å². The number of aliphatic hydroxyl groups is 1. The first-order valence-corrected chi connectivity index (χ1v) is 4.89. The van der Waals surface area contributed by atoms with Crippen LogP contribution in [0.1, 0.15) is 11.7 Å². The minimum absolute atomic E-state index is 0.136. The summed E-state index contributed by atoms with van der Waals surface area (Å²) < 4.78 is 2.32. The molecule has 0 spiro atoms. The number of halogens is 1. The zero-order chi connectivity index (χ0) is 10.1. The Labute approximate surface area is 88.7 Å². The van der Waals surface area contributed by atoms with Gasteiger partial charge in [0.2, 0.25) is 0 Å². The van der Waals surface area contributed by atoms with Crippen molar-refractivity contribution < 1.29 is 5.11 Å². The quantitative estimate of drug-likeness (QED) is 0.820. The molecular formula is C8H9BrN4O. The number of aromatic nitrogens is 3. The Morgan fingerprint density at radius 1 is 1.64 bits per heavy atom. The van der Waals surface area contributed by atoms with E-state index in [4.69, 9.17) is 10.8 Å². The number of hydrogen-bond acceptors (Lipinski definition) is 4. The number of fused-ring (bicyclic) bond motifs is 1. The maximum atomic E-state index is 8.92. The van der Waals surface area contributed by atoms with E-state index in [1.807, 2.05) is 6.07 Å². The smallest absolute Gasteiger partial charge is 0.155 e. The molecule has 0 amide bonds. The van der Waals surface area contributed by atoms with Gasteiger partial charge in [-0.05, 0) is 28.1 Å². The van der Waals surface area contributed by atoms with Crippen LogP contribution in [-0.4, -0.2) is 26.3 Å². The average Bonchev–Trinajstić information content (AvgIpc) is 2.56. The molecule has 5 nitrogen and oxygen atoms in total. The second-order valence-corrected chi connectivity index (χ2v) is 3.62. The predicted molar refractivity (Wildman–Crippen MR) is 54.7 cm³/mol. The summed E-state index contributed by atoms with van der Waals surface area (Å²) in [6.07, 6.45) is 1.66. The van der Waals surface area contributed by atoms with Crippen molar-refractivity contribution in [3.8, 4) is 0 Å². The van der Waals surface area contributed by atoms with Gasteiger partial charge in [-0.1, -0.05) is 0 Å². The monoisotopic (exact) mass is 256 g/mol. The van der Waals surface area contributed by atoms with E-state index in [0.29, 0.717) is 15.9 Å². The van der Waals surface area contributed by atoms with E-state index >= 15 is 0 Å². The van der Waals surface area contributed by atoms with Crippen LogP contribution in [0, 0.1) is 0 Å². The van der Waals surface area contributed by atoms with Crippen LogP contribution >= 0.6 is 15.9 Å². The number of imidazole rings is 1. The van der Waals surface area contributed by atoms with Gasteiger partial charge < -0.3 is 10.8 Å². The summed E-state index contributed by atoms with van der Waals surface area (Å²) in [5.74, 6) is 0. The highest BCUT2D eigenvalue weighted by Gasteiger charge is 2.15. The normalized spacial score (nSPS) is 13.4. The predicted octanol–water partition coefficient (Wildman–Crippen LogP) is 0.484. The van der Waals surface area contributed by atoms with Crippen molar-refractivity contribution in [1.82, 2.24) is 14.6 Å². The van der Waals surface area contributed by atoms with Crippen molar-refractivity contribution in [2.24, 2.45) is 5.73 Å². The Kier molecular flexibility index (Phi) is 2.49. The SMILES string of the molecule is NC(CO)c1nc2cccnn2c1Br. The second-order valence-electron chi connectivity index (χ2n) is 2.87. The largest absolute Gasteiger partial charge is 0.394 e. The number of nitrogens with two attached hydrogens (primary N) is 1. The minimum atomic E-state index is -0.480. The first kappa shape index (κ1) is 9.57. The van der Waals surface area contributed by atoms with Crippen molar-refractivity contribution in [3.63, 3.8) is 0 Å². The molecule has 3 N–H and O–H groups in total. The molecule has 2 rings (SSSR count). The summed E-state index contributed by atoms with van der Waals surface area (Å²) in [6, 6.07) is 3.14. The van der Waals surface area contributed by atoms with Crippen LogP contribution in [0.25, 0.3) is 5.65 Å². The molecule has 6 heteroatoms. The van der Waals surface area contributed by atoms with Crippen molar-refractivity contribution in [2.45, 2.75) is 6.04 Å². The fraction of sp³-hybridized carbons (Fsp3) is 0.250. The Morgan fingerprint density at radius 2 is 2.43 bits per heavy atom. The molecule has 0 fully saturated rings. The first-order chi connectivity index (χ1) is 6.74. The molecule has 14 heavy (non-hydrogen) atoms. The molecule has 0 saturated carbocycles. The van der Waals surface area contributed by atoms with E-state index in [-0.39, 0.29) is 6.61 Å². The van der Waals surface area contributed by atoms with E-state index in [2.05, 4.69) is 26.0 Å². The highest BCUT2D eigenvalue weighted by atomic mass is 79.9. The van der Waals surface area contributed by atoms with E-state index in [1.165, 1.54) is 0 Å². The lowest BCUT2D eigenvalue weighted by atomic mass is 10.2. The molecule has 0 aliphatic carbocycles. The molecule has 0 bridgehead atoms. The summed E-state index contributed by atoms with van der Waals surface area (Å²) >= 11 is 3.34. The zero-order valence-electron chi connectivity index (χ0n) is 7.26. The van der Waals surface area contributed by atoms with Crippen LogP contribution < -0.4 is 5.73 Å². The highest BCUT2D eigenvalue weighted by Crippen LogP contribution is 2.21. The Balaban J connectivity index is 2.62. The van der Waals surface area contributed by atoms with E-state index in [9.17, 15) is 0 Å². The third kappa shape index (κ3) is 1.41. The van der Waals surface area contributed by atoms with E-state index < -0.39 is 6.04 Å². The van der Waals surface area contributed by atoms with Crippen molar-refractivity contribution >= 4 is 21.6 Å². The number of nitrogens with zero attached hydrogens (tertiary/aromatic N) is 3. The van der Waals surface area contributed by atoms with Crippen molar-refractivity contribution in [1.29, 1.82) is 0 Å². The third-order valence-electron chi connectivity index (χ3n) is 1.91. The maximum Gasteiger partial charge on any atom is 0.155 e. The van der Waals surface area contributed by atoms with Gasteiger partial charge in [-0.2, -0.15) is 5.10 Å². The number of rotatable bonds is 2. The Bertz CT molecular complexity index is 456. The molecular weight excluding hydrogens is 248 g/mol. The van der Waals surface area contributed by atoms with Crippen molar-refractivity contribution in [3.05, 3.63) is 28.6 Å². The fourth-order valence-electron chi connectivity index (χ4n) is 1.20. The van der Waals surface area contributed by atoms with Gasteiger partial charge in [-0.25, -0.2) is 9.50 Å². The second kappa shape index (κ2) is 3.64. The average molecular weight is 257 g/mol. The summed E-state index contributed by atoms with van der Waals surface area (Å²) in [5.41, 5.74) is 7.00. The van der Waals surface area contributed by atoms with Gasteiger partial charge in [0, 0.05) is 6.20 Å². The van der Waals surface area contributed by atoms with Crippen LogP contribution in [0.15, 0.2) is 22.9 Å². The number of hydrogen-bond donors (Lipinski definition) is 2. The van der Waals surface area contributed by atoms with Crippen LogP contribution in [-0.2, 0) is 0 Å². The van der Waals surface area contributed by atoms with Gasteiger partial charge in [-0.15, -0.1) is 0 Å². The van der Waals surface area contributed by atoms with Crippen molar-refractivity contribution in [2.75, 3.05) is 6.61 Å². The minimum Gasteiger partial charge on any atom is -0.394 e. The summed E-state index contributed by atoms with van der Waals surface area (Å²) in [5, 5.41) is 13.0. The molecule has 2 heterocycles. The van der Waals surface area contributed by atoms with Gasteiger partial charge in [0.15, 0.2) is 5.65 Å². The van der Waals surface area contributed by atoms with Crippen LogP contribution in [0.4, 0.5) is 0 Å². The lowest BCUT2D eigenvalue weighted by Gasteiger charge is -2.03. The lowest BCUT2D eigenvalue weighted by molar-refractivity contribution is 0.266. The Hall–Kier alpha value is -0.980. The molecule has 0 aliphatic heterocycles. The lowest BCUT2D eigenvalue weighted by Crippen LogP contribution is -2.15. The molecule has 0 aromatic carbocycles. The van der Waals surface area contributed by atoms with Gasteiger partial charge in [0.25, 0.3) is 0 Å². The fourth-order valence-corrected chi connectivity index (χ4v) is 1.86. The summed E-state index contributed by atoms with van der Waals surface area (Å²) in [4.78, 5) is 4.25. The van der Waals surface area contributed by atoms with Gasteiger partial charge in [-0.3, -0.25) is 0 Å². The Morgan fingerprint density at radius 3 is 3.07 bits per heavy atom. The zero-order valence-corrected chi connectivity index (χ0v) is 8.85. The molecule has 1 atom stereocenters. The van der Waals surface area contributed by atoms with Gasteiger partial charge in [0.05, 0.1) is 18.3 Å². The standard InChI is InChI=1S/C8H9BrN4O/c9-8-7(5(10)4-14)12-6-2-1-3-11-13(6)8/h1-3,5,14H,4,10H2. The highest BCUT2D eigenvalue weighted by molar-refractivity contribution is 9.10. The van der Waals surface area contributed by atoms with Crippen LogP contribution in [0.2, 0.25) is 0 Å². The number of aliphatic hydroxyl groups excluding tert-OH is 1. The molecule has 74 valence electrons. The molecule has 0 saturated heterocycles. The molecule has 0 aliphatic rings. The van der Waals surface area contributed by atoms with E-state index in [0.717, 1.165) is 0 Å². The summed E-state index contributed by atoms with van der Waals surface area (Å²) in [6.45, 7) is -0.136. The molecule has 2 aromatic heterocycles. The molecule has 0 radical (unpaired) electrons. The maximum absolute atomic E-state index is 8.92. The third-order valence-corrected chi connectivity index (χ3v) is 2.65. The molecule has 2 aromatic rings. The first-order valence-electron chi connectivity index (χ1n) is 4.09. The molecule has 1 unspecified atom stereocenters. The topological polar surface area (TPSA) is 76.4 Å². The van der Waals surface area contributed by atoms with Crippen LogP contribution in [0.5, 0.6) is 0 Å². The summed E-state index contributed by atoms with van der Waals surface area (Å²) in [7, 11) is 0. The van der Waals surface area contributed by atoms with Gasteiger partial charge in [0.1, 0.15) is 4.60 Å². The van der Waals surface area contributed by atoms with Gasteiger partial charge >= 0.3 is 0 Å². The van der Waals surface area contributed by atoms with E-state index in [1.54, 1.807) is 16.8 Å².